The van der Waals surface area contributed by atoms with E-state index in [0.29, 0.717) is 16.2 Å². The number of nitrogens with one attached hydrogen (secondary N) is 3. The number of hydrogen-bond acceptors (Lipinski definition) is 18. The first kappa shape index (κ1) is 29.1. The van der Waals surface area contributed by atoms with Crippen LogP contribution < -0.4 is 15.9 Å². The normalized spacial score (nSPS) is 27.2. The second-order valence-corrected chi connectivity index (χ2v) is 21.6. The monoisotopic (exact) mass is 1230 g/mol. The predicted molar refractivity (Wildman–Crippen MR) is 331 cm³/mol. The number of aryl methyl sites for hydroxylation is 3. The van der Waals surface area contributed by atoms with Gasteiger partial charge in [0.15, 0.2) is 4.24 Å². The van der Waals surface area contributed by atoms with Gasteiger partial charge >= 0.3 is 0 Å². The highest BCUT2D eigenvalue weighted by Gasteiger charge is 2.24. The van der Waals surface area contributed by atoms with E-state index >= 15 is 0 Å². The summed E-state index contributed by atoms with van der Waals surface area (Å²) in [5.74, 6) is -1.07. The number of benzene rings is 3. The number of piperidine rings is 3. The fourth-order valence-corrected chi connectivity index (χ4v) is 10.1. The lowest BCUT2D eigenvalue weighted by molar-refractivity contribution is 0.211. The SMILES string of the molecule is [2H]c1cc(C)c(C#N)c([2H])c1C([2H])([2H])N1C([2H])([2H])CC([2H])(N([2H])c2ncnc3sc(Cl)c([2H])c23)CC1([2H])[2H].[2H]c1cc(C)c(C#N)c([2H])c1C([2H])([2H])N1CC([2H])([2H])C([2H])(N([2H])c2ncnc3sc(Cl)c([2H])c23)C([2H])([2H])C1.[2H]c1nc(N([2H])C2([2H])CC([2H])([2H])N(C([2H])([2H])c3c([2H])cc(C)c(C#N)c3[2H])C([2H])([2H])C2)c2c([2H])c(Cl)sc2n1. The van der Waals surface area contributed by atoms with Gasteiger partial charge in [-0.15, -0.1) is 34.0 Å². The van der Waals surface area contributed by atoms with Gasteiger partial charge in [-0.2, -0.15) is 15.8 Å². The van der Waals surface area contributed by atoms with E-state index in [0.717, 1.165) is 63.7 Å². The number of aromatic nitrogens is 6. The van der Waals surface area contributed by atoms with Crippen LogP contribution in [0, 0.1) is 54.8 Å². The van der Waals surface area contributed by atoms with Crippen LogP contribution in [0.25, 0.3) is 30.6 Å². The molecule has 15 nitrogen and oxygen atoms in total. The molecule has 21 heteroatoms. The van der Waals surface area contributed by atoms with E-state index in [9.17, 15) is 15.8 Å². The Kier molecular flexibility index (Phi) is 9.69. The molecule has 0 unspecified atom stereocenters. The van der Waals surface area contributed by atoms with Crippen molar-refractivity contribution in [3.05, 3.63) is 155 Å². The summed E-state index contributed by atoms with van der Waals surface area (Å²) in [5.41, 5.74) is -1.77. The number of thiophene rings is 3. The number of nitriles is 3. The maximum absolute atomic E-state index is 9.44. The quantitative estimate of drug-likeness (QED) is 0.104. The first-order valence-corrected chi connectivity index (χ1v) is 27.2. The Morgan fingerprint density at radius 2 is 0.914 bits per heavy atom. The zero-order valence-electron chi connectivity index (χ0n) is 76.2. The Morgan fingerprint density at radius 3 is 1.31 bits per heavy atom. The summed E-state index contributed by atoms with van der Waals surface area (Å²) in [6, 6.07) is -2.95. The molecule has 0 atom stereocenters. The van der Waals surface area contributed by atoms with Gasteiger partial charge in [-0.1, -0.05) is 71.1 Å². The minimum Gasteiger partial charge on any atom is -0.367 e. The highest BCUT2D eigenvalue weighted by Crippen LogP contribution is 2.35. The standard InChI is InChI=1S/3C20H20ClN5S/c3*1-13-2-3-14(8-15(13)10-22)11-26-6-4-16(5-7-26)25-19-17-9-18(21)27-20(17)24-12-23-19/h3*2-3,8-9,12,16H,4-7,11H2,1H3,(H,23,24,25)/i3D,6D2,7D2,8D,9D,11D2,12D,16D;3D,6D2,7D2,8D,9D,11D2,16D;3D,4D2,5D2,8D,9D,11D2,16D/hD3. The van der Waals surface area contributed by atoms with Crippen molar-refractivity contribution in [2.75, 3.05) is 55.0 Å². The van der Waals surface area contributed by atoms with E-state index in [1.807, 2.05) is 0 Å². The lowest BCUT2D eigenvalue weighted by Crippen LogP contribution is -2.38. The molecule has 0 saturated carbocycles. The first-order chi connectivity index (χ1) is 52.6. The number of likely N-dealkylation sites (tertiary alicyclic amines) is 3. The number of hydrogen-bond donors (Lipinski definition) is 3. The van der Waals surface area contributed by atoms with Crippen molar-refractivity contribution < 1.29 is 46.7 Å². The van der Waals surface area contributed by atoms with E-state index in [2.05, 4.69) is 29.9 Å². The van der Waals surface area contributed by atoms with E-state index in [1.54, 1.807) is 18.2 Å². The van der Waals surface area contributed by atoms with Crippen molar-refractivity contribution >= 4 is 117 Å². The summed E-state index contributed by atoms with van der Waals surface area (Å²) in [7, 11) is 0. The molecular weight excluding hydrogens is 1130 g/mol. The van der Waals surface area contributed by atoms with Gasteiger partial charge in [-0.3, -0.25) is 14.7 Å². The number of halogens is 3. The van der Waals surface area contributed by atoms with Crippen LogP contribution in [0.5, 0.6) is 0 Å². The summed E-state index contributed by atoms with van der Waals surface area (Å²) < 4.78 is 292. The fourth-order valence-electron chi connectivity index (χ4n) is 7.18. The molecule has 3 aliphatic rings. The summed E-state index contributed by atoms with van der Waals surface area (Å²) in [4.78, 5) is 25.3. The van der Waals surface area contributed by atoms with Gasteiger partial charge < -0.3 is 15.9 Å². The van der Waals surface area contributed by atoms with Gasteiger partial charge in [0.1, 0.15) is 52.3 Å². The second-order valence-electron chi connectivity index (χ2n) is 16.8. The molecular formula is C60H60Cl3N15S3. The Hall–Kier alpha value is -6.60. The fraction of sp³-hybridized carbons (Fsp3) is 0.350. The van der Waals surface area contributed by atoms with Crippen LogP contribution >= 0.6 is 68.8 Å². The Morgan fingerprint density at radius 1 is 0.556 bits per heavy atom. The van der Waals surface area contributed by atoms with Gasteiger partial charge in [0.2, 0.25) is 0 Å². The molecule has 0 aliphatic carbocycles. The molecule has 3 fully saturated rings. The molecule has 3 saturated heterocycles. The van der Waals surface area contributed by atoms with E-state index in [4.69, 9.17) is 81.5 Å². The van der Waals surface area contributed by atoms with E-state index < -0.39 is 186 Å². The third-order valence-electron chi connectivity index (χ3n) is 11.2. The molecule has 9 heterocycles. The summed E-state index contributed by atoms with van der Waals surface area (Å²) >= 11 is 20.8. The number of rotatable bonds is 12. The molecule has 12 rings (SSSR count). The number of nitrogens with zero attached hydrogens (tertiary/aromatic N) is 12. The van der Waals surface area contributed by atoms with Crippen molar-refractivity contribution in [3.63, 3.8) is 0 Å². The summed E-state index contributed by atoms with van der Waals surface area (Å²) in [6.07, 6.45) is -8.06. The number of anilines is 3. The van der Waals surface area contributed by atoms with Crippen molar-refractivity contribution in [1.82, 2.24) is 44.6 Å². The van der Waals surface area contributed by atoms with Crippen molar-refractivity contribution in [1.29, 1.82) is 15.8 Å². The molecule has 0 spiro atoms. The van der Waals surface area contributed by atoms with Crippen molar-refractivity contribution in [2.45, 2.75) is 96.7 Å². The maximum Gasteiger partial charge on any atom is 0.162 e. The average molecular weight is 1230 g/mol. The third kappa shape index (κ3) is 14.9. The minimum atomic E-state index is -3.12. The van der Waals surface area contributed by atoms with Crippen LogP contribution in [-0.2, 0) is 19.5 Å². The number of fused-ring (bicyclic) bond motifs is 3. The Labute approximate surface area is 547 Å². The summed E-state index contributed by atoms with van der Waals surface area (Å²) in [6.45, 7) is -18.2. The molecule has 81 heavy (non-hydrogen) atoms. The van der Waals surface area contributed by atoms with Gasteiger partial charge in [0.05, 0.1) is 80.5 Å². The Balaban J connectivity index is 0.000000182. The molecule has 9 aromatic rings. The maximum atomic E-state index is 9.44. The molecule has 0 radical (unpaired) electrons. The zero-order valence-corrected chi connectivity index (χ0v) is 46.9. The molecule has 3 N–H and O–H groups in total. The van der Waals surface area contributed by atoms with E-state index in [-0.39, 0.29) is 111 Å². The molecule has 3 aliphatic heterocycles. The lowest BCUT2D eigenvalue weighted by Gasteiger charge is -2.32. The highest BCUT2D eigenvalue weighted by atomic mass is 35.5. The van der Waals surface area contributed by atoms with Crippen LogP contribution in [0.1, 0.15) is 131 Å². The molecule has 0 bridgehead atoms. The second kappa shape index (κ2) is 27.0. The van der Waals surface area contributed by atoms with Gasteiger partial charge in [-0.25, -0.2) is 29.9 Å². The topological polar surface area (TPSA) is 195 Å². The van der Waals surface area contributed by atoms with Crippen molar-refractivity contribution in [2.24, 2.45) is 0 Å². The van der Waals surface area contributed by atoms with Crippen LogP contribution in [0.15, 0.2) is 91.5 Å². The first-order valence-electron chi connectivity index (χ1n) is 40.4. The molecule has 6 aromatic heterocycles. The minimum absolute atomic E-state index is 0.0144. The van der Waals surface area contributed by atoms with Crippen LogP contribution in [0.2, 0.25) is 17.2 Å². The molecule has 0 amide bonds. The van der Waals surface area contributed by atoms with Crippen LogP contribution in [0.3, 0.4) is 0 Å². The third-order valence-corrected chi connectivity index (χ3v) is 14.5. The van der Waals surface area contributed by atoms with Gasteiger partial charge in [0, 0.05) is 101 Å². The van der Waals surface area contributed by atoms with Gasteiger partial charge in [-0.05, 0) is 129 Å². The smallest absolute Gasteiger partial charge is 0.162 e. The molecule has 3 aromatic carbocycles. The zero-order chi connectivity index (χ0) is 86.6. The average Bonchev–Trinajstić information content (AvgIpc) is 0.778. The van der Waals surface area contributed by atoms with Crippen LogP contribution in [-0.4, -0.2) is 102 Å². The van der Waals surface area contributed by atoms with Gasteiger partial charge in [0.25, 0.3) is 0 Å². The van der Waals surface area contributed by atoms with Crippen LogP contribution in [0.4, 0.5) is 17.5 Å². The van der Waals surface area contributed by atoms with Crippen molar-refractivity contribution in [3.8, 4) is 18.2 Å². The predicted octanol–water partition coefficient (Wildman–Crippen LogP) is 13.8. The lowest BCUT2D eigenvalue weighted by atomic mass is 10.0. The Bertz CT molecular complexity index is 5520. The highest BCUT2D eigenvalue weighted by molar-refractivity contribution is 7.23. The largest absolute Gasteiger partial charge is 0.367 e. The summed E-state index contributed by atoms with van der Waals surface area (Å²) in [5, 5.41) is 29.4. The van der Waals surface area contributed by atoms with E-state index in [1.165, 1.54) is 26.8 Å². The molecule has 414 valence electrons.